The van der Waals surface area contributed by atoms with Gasteiger partial charge in [0, 0.05) is 36.5 Å². The van der Waals surface area contributed by atoms with Gasteiger partial charge in [-0.25, -0.2) is 30.8 Å². The molecule has 0 bridgehead atoms. The van der Waals surface area contributed by atoms with Crippen LogP contribution in [0.2, 0.25) is 0 Å². The first-order valence-electron chi connectivity index (χ1n) is 16.0. The van der Waals surface area contributed by atoms with Gasteiger partial charge >= 0.3 is 5.97 Å². The Morgan fingerprint density at radius 2 is 1.64 bits per heavy atom. The Balaban J connectivity index is 1.35. The van der Waals surface area contributed by atoms with E-state index >= 15 is 0 Å². The van der Waals surface area contributed by atoms with Crippen molar-refractivity contribution in [3.05, 3.63) is 113 Å². The van der Waals surface area contributed by atoms with E-state index in [1.165, 1.54) is 24.4 Å². The number of nitrogens with zero attached hydrogens (tertiary/aromatic N) is 4. The van der Waals surface area contributed by atoms with Crippen LogP contribution in [0.25, 0.3) is 0 Å². The lowest BCUT2D eigenvalue weighted by Crippen LogP contribution is -2.59. The van der Waals surface area contributed by atoms with Crippen molar-refractivity contribution in [2.45, 2.75) is 68.5 Å². The van der Waals surface area contributed by atoms with Gasteiger partial charge in [-0.2, -0.15) is 4.31 Å². The molecule has 6 rings (SSSR count). The van der Waals surface area contributed by atoms with Gasteiger partial charge in [-0.1, -0.05) is 49.6 Å². The number of hydrogen-bond acceptors (Lipinski definition) is 7. The normalized spacial score (nSPS) is 16.8. The van der Waals surface area contributed by atoms with Crippen LogP contribution in [0.1, 0.15) is 71.8 Å². The van der Waals surface area contributed by atoms with Crippen molar-refractivity contribution in [3.63, 3.8) is 0 Å². The second-order valence-electron chi connectivity index (χ2n) is 12.2. The van der Waals surface area contributed by atoms with E-state index < -0.39 is 56.1 Å². The molecule has 1 saturated heterocycles. The number of carbonyl (C=O) groups is 2. The van der Waals surface area contributed by atoms with Crippen LogP contribution in [0, 0.1) is 23.3 Å². The van der Waals surface area contributed by atoms with Gasteiger partial charge in [-0.05, 0) is 37.0 Å². The van der Waals surface area contributed by atoms with Crippen LogP contribution in [0.4, 0.5) is 23.2 Å². The lowest BCUT2D eigenvalue weighted by Gasteiger charge is -2.41. The highest BCUT2D eigenvalue weighted by Crippen LogP contribution is 2.36. The smallest absolute Gasteiger partial charge is 0.339 e. The minimum Gasteiger partial charge on any atom is -0.488 e. The lowest BCUT2D eigenvalue weighted by molar-refractivity contribution is -0.125. The van der Waals surface area contributed by atoms with Gasteiger partial charge in [0.2, 0.25) is 15.9 Å². The van der Waals surface area contributed by atoms with Crippen molar-refractivity contribution >= 4 is 27.6 Å². The monoisotopic (exact) mass is 712 g/mol. The number of hydrogen-bond donors (Lipinski definition) is 1. The van der Waals surface area contributed by atoms with Crippen molar-refractivity contribution in [3.8, 4) is 5.75 Å². The van der Waals surface area contributed by atoms with Gasteiger partial charge in [0.15, 0.2) is 22.3 Å². The van der Waals surface area contributed by atoms with E-state index in [1.807, 2.05) is 0 Å². The summed E-state index contributed by atoms with van der Waals surface area (Å²) in [5.41, 5.74) is 1.77. The first-order chi connectivity index (χ1) is 24.0. The van der Waals surface area contributed by atoms with Gasteiger partial charge in [-0.15, -0.1) is 0 Å². The van der Waals surface area contributed by atoms with Crippen LogP contribution in [0.15, 0.2) is 71.9 Å². The zero-order valence-corrected chi connectivity index (χ0v) is 27.4. The topological polar surface area (TPSA) is 130 Å². The molecule has 1 aliphatic heterocycles. The van der Waals surface area contributed by atoms with Gasteiger partial charge in [0.25, 0.3) is 0 Å². The standard InChI is InChI=1S/C35H32F4N4O6S/c36-26-16-27(37)33(32(39)31(26)38)50(47,48)43-14-13-29(43)34(44)42(19-23-17-41-28(18-40-23)22-9-5-2-6-10-22)24-11-12-25(35(45)46)30(15-24)49-20-21-7-3-1-4-8-21/h1,3-4,7-8,11-12,15-18,22,29H,2,5-6,9-10,13-14,19-20H2,(H,45,46)/t29-/m1/s1. The van der Waals surface area contributed by atoms with Crippen LogP contribution < -0.4 is 9.64 Å². The second-order valence-corrected chi connectivity index (χ2v) is 14.0. The molecule has 262 valence electrons. The summed E-state index contributed by atoms with van der Waals surface area (Å²) in [7, 11) is -5.17. The number of carboxylic acids is 1. The molecule has 1 saturated carbocycles. The van der Waals surface area contributed by atoms with E-state index in [2.05, 4.69) is 9.97 Å². The summed E-state index contributed by atoms with van der Waals surface area (Å²) in [6.45, 7) is -0.601. The molecule has 2 heterocycles. The molecule has 1 N–H and O–H groups in total. The summed E-state index contributed by atoms with van der Waals surface area (Å²) in [4.78, 5) is 34.8. The number of amides is 1. The van der Waals surface area contributed by atoms with Gasteiger partial charge < -0.3 is 14.7 Å². The van der Waals surface area contributed by atoms with Crippen LogP contribution in [-0.4, -0.2) is 52.3 Å². The number of anilines is 1. The minimum absolute atomic E-state index is 0.00731. The van der Waals surface area contributed by atoms with Crippen molar-refractivity contribution in [2.24, 2.45) is 0 Å². The highest BCUT2D eigenvalue weighted by Gasteiger charge is 2.47. The van der Waals surface area contributed by atoms with Crippen LogP contribution in [0.3, 0.4) is 0 Å². The van der Waals surface area contributed by atoms with Crippen LogP contribution in [-0.2, 0) is 28.0 Å². The second kappa shape index (κ2) is 14.5. The molecule has 0 unspecified atom stereocenters. The summed E-state index contributed by atoms with van der Waals surface area (Å²) >= 11 is 0. The molecule has 1 aliphatic carbocycles. The largest absolute Gasteiger partial charge is 0.488 e. The average Bonchev–Trinajstić information content (AvgIpc) is 3.08. The number of halogens is 4. The van der Waals surface area contributed by atoms with Gasteiger partial charge in [0.1, 0.15) is 29.8 Å². The molecule has 1 amide bonds. The summed E-state index contributed by atoms with van der Waals surface area (Å²) in [5.74, 6) is -10.2. The molecule has 0 radical (unpaired) electrons. The molecule has 15 heteroatoms. The third kappa shape index (κ3) is 7.05. The number of benzene rings is 3. The fourth-order valence-corrected chi connectivity index (χ4v) is 7.94. The first kappa shape index (κ1) is 35.0. The predicted molar refractivity (Wildman–Crippen MR) is 172 cm³/mol. The average molecular weight is 713 g/mol. The molecule has 3 aromatic carbocycles. The summed E-state index contributed by atoms with van der Waals surface area (Å²) in [5, 5.41) is 9.86. The Morgan fingerprint density at radius 1 is 0.900 bits per heavy atom. The Kier molecular flexibility index (Phi) is 10.2. The Hall–Kier alpha value is -4.89. The van der Waals surface area contributed by atoms with E-state index in [0.717, 1.165) is 48.3 Å². The Bertz CT molecular complexity index is 2010. The molecule has 2 aliphatic rings. The van der Waals surface area contributed by atoms with Gasteiger partial charge in [0.05, 0.1) is 24.1 Å². The number of carboxylic acid groups (broad SMARTS) is 1. The first-order valence-corrected chi connectivity index (χ1v) is 17.4. The number of ether oxygens (including phenoxy) is 1. The maximum absolute atomic E-state index is 14.7. The third-order valence-electron chi connectivity index (χ3n) is 8.97. The Morgan fingerprint density at radius 3 is 2.28 bits per heavy atom. The minimum atomic E-state index is -5.17. The molecule has 2 fully saturated rings. The molecule has 4 aromatic rings. The van der Waals surface area contributed by atoms with E-state index in [-0.39, 0.29) is 55.1 Å². The molecule has 0 spiro atoms. The SMILES string of the molecule is O=C(O)c1ccc(N(Cc2cnc(C3CCCCC3)cn2)C(=O)[C@H]2CCN2S(=O)(=O)c2c(F)cc(F)c(F)c2F)cc1OCc1ccccc1. The quantitative estimate of drug-likeness (QED) is 0.108. The van der Waals surface area contributed by atoms with Crippen molar-refractivity contribution < 1.29 is 45.4 Å². The fourth-order valence-electron chi connectivity index (χ4n) is 6.21. The highest BCUT2D eigenvalue weighted by molar-refractivity contribution is 7.89. The van der Waals surface area contributed by atoms with Crippen LogP contribution >= 0.6 is 0 Å². The summed E-state index contributed by atoms with van der Waals surface area (Å²) in [6, 6.07) is 11.2. The zero-order chi connectivity index (χ0) is 35.6. The maximum atomic E-state index is 14.7. The third-order valence-corrected chi connectivity index (χ3v) is 10.9. The van der Waals surface area contributed by atoms with E-state index in [4.69, 9.17) is 4.74 Å². The van der Waals surface area contributed by atoms with Crippen molar-refractivity contribution in [2.75, 3.05) is 11.4 Å². The van der Waals surface area contributed by atoms with E-state index in [0.29, 0.717) is 10.00 Å². The molecular weight excluding hydrogens is 680 g/mol. The zero-order valence-electron chi connectivity index (χ0n) is 26.6. The maximum Gasteiger partial charge on any atom is 0.339 e. The Labute approximate surface area is 285 Å². The number of sulfonamides is 1. The van der Waals surface area contributed by atoms with Crippen molar-refractivity contribution in [1.29, 1.82) is 0 Å². The molecular formula is C35H32F4N4O6S. The predicted octanol–water partition coefficient (Wildman–Crippen LogP) is 6.35. The summed E-state index contributed by atoms with van der Waals surface area (Å²) < 4.78 is 90.1. The van der Waals surface area contributed by atoms with Gasteiger partial charge in [-0.3, -0.25) is 14.8 Å². The van der Waals surface area contributed by atoms with Crippen molar-refractivity contribution in [1.82, 2.24) is 14.3 Å². The lowest BCUT2D eigenvalue weighted by atomic mass is 9.87. The number of aromatic carboxylic acids is 1. The number of carbonyl (C=O) groups excluding carboxylic acids is 1. The molecule has 1 atom stereocenters. The molecule has 10 nitrogen and oxygen atoms in total. The number of aromatic nitrogens is 2. The van der Waals surface area contributed by atoms with E-state index in [1.54, 1.807) is 36.5 Å². The van der Waals surface area contributed by atoms with E-state index in [9.17, 15) is 40.7 Å². The highest BCUT2D eigenvalue weighted by atomic mass is 32.2. The fraction of sp³-hybridized carbons (Fsp3) is 0.314. The van der Waals surface area contributed by atoms with Crippen LogP contribution in [0.5, 0.6) is 5.75 Å². The number of rotatable bonds is 11. The molecule has 50 heavy (non-hydrogen) atoms. The molecule has 1 aromatic heterocycles. The summed E-state index contributed by atoms with van der Waals surface area (Å²) in [6.07, 6.45) is 8.33.